The van der Waals surface area contributed by atoms with Gasteiger partial charge in [0.15, 0.2) is 16.3 Å². The van der Waals surface area contributed by atoms with Gasteiger partial charge in [-0.05, 0) is 23.3 Å². The number of carbonyl (C=O) groups excluding carboxylic acids is 1. The predicted octanol–water partition coefficient (Wildman–Crippen LogP) is 3.79. The van der Waals surface area contributed by atoms with E-state index in [4.69, 9.17) is 25.7 Å². The minimum atomic E-state index is -0.554. The monoisotopic (exact) mass is 461 g/mol. The first-order valence-corrected chi connectivity index (χ1v) is 10.7. The van der Waals surface area contributed by atoms with Crippen molar-refractivity contribution in [1.82, 2.24) is 0 Å². The van der Waals surface area contributed by atoms with Crippen molar-refractivity contribution < 1.29 is 24.0 Å². The Morgan fingerprint density at radius 1 is 1.09 bits per heavy atom. The SMILES string of the molecule is COc1ccc(-c2c(C#N)c(N)[nH+]c3sc(C(=O)OCc4ccccc4)c(N)c23)cc1OC. The highest BCUT2D eigenvalue weighted by atomic mass is 32.1. The van der Waals surface area contributed by atoms with Crippen LogP contribution in [0.5, 0.6) is 11.5 Å². The highest BCUT2D eigenvalue weighted by Crippen LogP contribution is 2.43. The summed E-state index contributed by atoms with van der Waals surface area (Å²) in [4.78, 5) is 16.6. The third kappa shape index (κ3) is 4.00. The Morgan fingerprint density at radius 2 is 1.82 bits per heavy atom. The molecule has 0 aliphatic heterocycles. The van der Waals surface area contributed by atoms with Crippen molar-refractivity contribution in [2.75, 3.05) is 25.7 Å². The lowest BCUT2D eigenvalue weighted by Crippen LogP contribution is -2.13. The van der Waals surface area contributed by atoms with Crippen molar-refractivity contribution in [2.45, 2.75) is 6.61 Å². The summed E-state index contributed by atoms with van der Waals surface area (Å²) in [7, 11) is 3.06. The number of methoxy groups -OCH3 is 2. The molecule has 5 N–H and O–H groups in total. The maximum absolute atomic E-state index is 12.8. The molecular formula is C24H21N4O4S+. The first-order valence-electron chi connectivity index (χ1n) is 9.88. The first-order chi connectivity index (χ1) is 16.0. The predicted molar refractivity (Wildman–Crippen MR) is 126 cm³/mol. The maximum Gasteiger partial charge on any atom is 0.350 e. The van der Waals surface area contributed by atoms with Crippen LogP contribution in [0.1, 0.15) is 20.8 Å². The van der Waals surface area contributed by atoms with E-state index in [9.17, 15) is 10.1 Å². The van der Waals surface area contributed by atoms with E-state index >= 15 is 0 Å². The molecule has 2 heterocycles. The number of aromatic amines is 1. The smallest absolute Gasteiger partial charge is 0.350 e. The number of hydrogen-bond donors (Lipinski definition) is 2. The van der Waals surface area contributed by atoms with Crippen molar-refractivity contribution in [3.63, 3.8) is 0 Å². The topological polar surface area (TPSA) is 135 Å². The quantitative estimate of drug-likeness (QED) is 0.417. The van der Waals surface area contributed by atoms with Gasteiger partial charge in [0.05, 0.1) is 25.3 Å². The molecule has 166 valence electrons. The summed E-state index contributed by atoms with van der Waals surface area (Å²) >= 11 is 1.13. The third-order valence-corrected chi connectivity index (χ3v) is 6.25. The van der Waals surface area contributed by atoms with Crippen LogP contribution in [-0.4, -0.2) is 20.2 Å². The standard InChI is InChI=1S/C24H20N4O4S/c1-30-16-9-8-14(10-17(16)31-2)18-15(11-25)22(27)28-23-19(18)20(26)21(33-23)24(29)32-12-13-6-4-3-5-7-13/h3-10H,12,26H2,1-2H3,(H2,27,28)/p+1. The number of nitrogen functional groups attached to an aromatic ring is 2. The number of hydrogen-bond acceptors (Lipinski definition) is 8. The van der Waals surface area contributed by atoms with Crippen LogP contribution in [-0.2, 0) is 11.3 Å². The van der Waals surface area contributed by atoms with E-state index in [0.29, 0.717) is 32.8 Å². The van der Waals surface area contributed by atoms with E-state index < -0.39 is 5.97 Å². The average Bonchev–Trinajstić information content (AvgIpc) is 3.17. The minimum Gasteiger partial charge on any atom is -0.493 e. The molecule has 0 aliphatic rings. The average molecular weight is 462 g/mol. The number of fused-ring (bicyclic) bond motifs is 1. The second-order valence-electron chi connectivity index (χ2n) is 7.08. The number of ether oxygens (including phenoxy) is 3. The lowest BCUT2D eigenvalue weighted by atomic mass is 9.97. The van der Waals surface area contributed by atoms with Crippen LogP contribution in [0.4, 0.5) is 11.5 Å². The Bertz CT molecular complexity index is 1390. The molecule has 0 spiro atoms. The van der Waals surface area contributed by atoms with Crippen molar-refractivity contribution in [1.29, 1.82) is 5.26 Å². The van der Waals surface area contributed by atoms with Crippen molar-refractivity contribution >= 4 is 39.0 Å². The number of nitriles is 1. The molecule has 9 heteroatoms. The van der Waals surface area contributed by atoms with Gasteiger partial charge in [0.1, 0.15) is 23.1 Å². The van der Waals surface area contributed by atoms with Gasteiger partial charge < -0.3 is 19.9 Å². The number of thiophene rings is 1. The summed E-state index contributed by atoms with van der Waals surface area (Å²) in [6, 6.07) is 16.7. The van der Waals surface area contributed by atoms with Crippen LogP contribution in [0, 0.1) is 11.3 Å². The second-order valence-corrected chi connectivity index (χ2v) is 8.10. The van der Waals surface area contributed by atoms with Crippen molar-refractivity contribution in [3.05, 3.63) is 64.5 Å². The van der Waals surface area contributed by atoms with E-state index in [1.54, 1.807) is 18.2 Å². The molecule has 0 fully saturated rings. The number of pyridine rings is 1. The van der Waals surface area contributed by atoms with Gasteiger partial charge >= 0.3 is 5.97 Å². The van der Waals surface area contributed by atoms with Gasteiger partial charge in [0, 0.05) is 5.56 Å². The molecule has 2 aromatic carbocycles. The Balaban J connectivity index is 1.84. The largest absolute Gasteiger partial charge is 0.493 e. The van der Waals surface area contributed by atoms with E-state index in [1.165, 1.54) is 14.2 Å². The van der Waals surface area contributed by atoms with Gasteiger partial charge in [0.2, 0.25) is 0 Å². The van der Waals surface area contributed by atoms with E-state index in [0.717, 1.165) is 16.9 Å². The number of nitrogens with zero attached hydrogens (tertiary/aromatic N) is 1. The number of esters is 1. The Labute approximate surface area is 193 Å². The Hall–Kier alpha value is -4.29. The molecule has 0 saturated carbocycles. The third-order valence-electron chi connectivity index (χ3n) is 5.14. The Morgan fingerprint density at radius 3 is 2.48 bits per heavy atom. The van der Waals surface area contributed by atoms with Crippen LogP contribution in [0.2, 0.25) is 0 Å². The molecular weight excluding hydrogens is 440 g/mol. The number of carbonyl (C=O) groups is 1. The van der Waals surface area contributed by atoms with Crippen LogP contribution in [0.15, 0.2) is 48.5 Å². The van der Waals surface area contributed by atoms with Gasteiger partial charge in [-0.3, -0.25) is 5.73 Å². The van der Waals surface area contributed by atoms with Crippen LogP contribution < -0.4 is 25.9 Å². The summed E-state index contributed by atoms with van der Waals surface area (Å²) in [6.45, 7) is 0.116. The highest BCUT2D eigenvalue weighted by Gasteiger charge is 2.27. The summed E-state index contributed by atoms with van der Waals surface area (Å²) < 4.78 is 16.2. The summed E-state index contributed by atoms with van der Waals surface area (Å²) in [5.41, 5.74) is 15.0. The number of nitrogens with one attached hydrogen (secondary N) is 1. The number of rotatable bonds is 6. The molecule has 0 aliphatic carbocycles. The molecule has 4 rings (SSSR count). The minimum absolute atomic E-state index is 0.116. The lowest BCUT2D eigenvalue weighted by Gasteiger charge is -2.11. The van der Waals surface area contributed by atoms with E-state index in [-0.39, 0.29) is 28.6 Å². The van der Waals surface area contributed by atoms with Crippen LogP contribution >= 0.6 is 11.3 Å². The number of aromatic nitrogens is 1. The zero-order valence-corrected chi connectivity index (χ0v) is 18.8. The van der Waals surface area contributed by atoms with Gasteiger partial charge in [-0.2, -0.15) is 5.26 Å². The van der Waals surface area contributed by atoms with E-state index in [2.05, 4.69) is 11.1 Å². The molecule has 0 amide bonds. The fourth-order valence-corrected chi connectivity index (χ4v) is 4.59. The summed E-state index contributed by atoms with van der Waals surface area (Å²) in [6.07, 6.45) is 0. The molecule has 0 saturated heterocycles. The number of anilines is 2. The Kier molecular flexibility index (Phi) is 6.02. The lowest BCUT2D eigenvalue weighted by molar-refractivity contribution is -0.323. The normalized spacial score (nSPS) is 10.6. The van der Waals surface area contributed by atoms with E-state index in [1.807, 2.05) is 30.3 Å². The molecule has 0 atom stereocenters. The molecule has 0 bridgehead atoms. The zero-order chi connectivity index (χ0) is 23.5. The fraction of sp³-hybridized carbons (Fsp3) is 0.125. The zero-order valence-electron chi connectivity index (χ0n) is 18.0. The molecule has 0 radical (unpaired) electrons. The fourth-order valence-electron chi connectivity index (χ4n) is 3.56. The molecule has 8 nitrogen and oxygen atoms in total. The highest BCUT2D eigenvalue weighted by molar-refractivity contribution is 7.20. The van der Waals surface area contributed by atoms with Crippen LogP contribution in [0.3, 0.4) is 0 Å². The van der Waals surface area contributed by atoms with Crippen LogP contribution in [0.25, 0.3) is 21.3 Å². The summed E-state index contributed by atoms with van der Waals surface area (Å²) in [5.74, 6) is 0.631. The summed E-state index contributed by atoms with van der Waals surface area (Å²) in [5, 5.41) is 10.3. The molecule has 4 aromatic rings. The number of H-pyrrole nitrogens is 1. The van der Waals surface area contributed by atoms with Gasteiger partial charge in [-0.1, -0.05) is 47.7 Å². The van der Waals surface area contributed by atoms with Crippen molar-refractivity contribution in [3.8, 4) is 28.7 Å². The van der Waals surface area contributed by atoms with Gasteiger partial charge in [-0.25, -0.2) is 9.78 Å². The second kappa shape index (κ2) is 9.06. The molecule has 33 heavy (non-hydrogen) atoms. The maximum atomic E-state index is 12.8. The van der Waals surface area contributed by atoms with Gasteiger partial charge in [0.25, 0.3) is 5.82 Å². The van der Waals surface area contributed by atoms with Gasteiger partial charge in [-0.15, -0.1) is 0 Å². The molecule has 0 unspecified atom stereocenters. The van der Waals surface area contributed by atoms with Crippen molar-refractivity contribution in [2.24, 2.45) is 0 Å². The number of benzene rings is 2. The molecule has 2 aromatic heterocycles. The first kappa shape index (κ1) is 21.9. The number of nitrogens with two attached hydrogens (primary N) is 2.